The minimum absolute atomic E-state index is 0.00407. The maximum absolute atomic E-state index is 13.3. The third-order valence-corrected chi connectivity index (χ3v) is 6.20. The standard InChI is InChI=1S/C20H21FN6O3S/c1-22-18(29)12-4-3-7-26(9-12)20-25-17-16(31-20)19(30)27(11-23-17)10-15(28)24-14-6-2-5-13(21)8-14/h2,5-6,8,11-12H,3-4,7,9-10H2,1H3,(H,22,29)(H,24,28)/t12-/m0/s1. The summed E-state index contributed by atoms with van der Waals surface area (Å²) in [5.74, 6) is -1.06. The Balaban J connectivity index is 1.52. The highest BCUT2D eigenvalue weighted by Gasteiger charge is 2.27. The fourth-order valence-corrected chi connectivity index (χ4v) is 4.58. The van der Waals surface area contributed by atoms with E-state index >= 15 is 0 Å². The molecule has 0 unspecified atom stereocenters. The van der Waals surface area contributed by atoms with E-state index in [2.05, 4.69) is 20.6 Å². The molecule has 11 heteroatoms. The number of carbonyl (C=O) groups excluding carboxylic acids is 2. The van der Waals surface area contributed by atoms with Gasteiger partial charge in [0.25, 0.3) is 5.56 Å². The normalized spacial score (nSPS) is 16.3. The lowest BCUT2D eigenvalue weighted by Crippen LogP contribution is -2.42. The van der Waals surface area contributed by atoms with Gasteiger partial charge >= 0.3 is 0 Å². The highest BCUT2D eigenvalue weighted by molar-refractivity contribution is 7.22. The summed E-state index contributed by atoms with van der Waals surface area (Å²) < 4.78 is 14.8. The van der Waals surface area contributed by atoms with Crippen molar-refractivity contribution in [3.05, 3.63) is 46.8 Å². The van der Waals surface area contributed by atoms with E-state index in [0.29, 0.717) is 27.7 Å². The Bertz CT molecular complexity index is 1190. The van der Waals surface area contributed by atoms with Crippen molar-refractivity contribution in [2.75, 3.05) is 30.4 Å². The first-order valence-corrected chi connectivity index (χ1v) is 10.6. The molecule has 162 valence electrons. The van der Waals surface area contributed by atoms with Crippen LogP contribution in [0.15, 0.2) is 35.4 Å². The zero-order valence-electron chi connectivity index (χ0n) is 16.8. The second kappa shape index (κ2) is 8.80. The summed E-state index contributed by atoms with van der Waals surface area (Å²) in [5, 5.41) is 5.88. The molecule has 1 fully saturated rings. The molecular weight excluding hydrogens is 423 g/mol. The van der Waals surface area contributed by atoms with Crippen LogP contribution in [0.25, 0.3) is 10.3 Å². The van der Waals surface area contributed by atoms with Crippen LogP contribution in [-0.2, 0) is 16.1 Å². The van der Waals surface area contributed by atoms with Crippen LogP contribution < -0.4 is 21.1 Å². The van der Waals surface area contributed by atoms with Gasteiger partial charge in [0.2, 0.25) is 11.8 Å². The van der Waals surface area contributed by atoms with Crippen molar-refractivity contribution in [1.82, 2.24) is 19.9 Å². The number of hydrogen-bond acceptors (Lipinski definition) is 7. The molecule has 2 N–H and O–H groups in total. The van der Waals surface area contributed by atoms with Crippen LogP contribution in [0, 0.1) is 11.7 Å². The lowest BCUT2D eigenvalue weighted by atomic mass is 9.98. The van der Waals surface area contributed by atoms with Crippen LogP contribution in [0.4, 0.5) is 15.2 Å². The van der Waals surface area contributed by atoms with Crippen LogP contribution >= 0.6 is 11.3 Å². The van der Waals surface area contributed by atoms with Gasteiger partial charge in [-0.15, -0.1) is 0 Å². The van der Waals surface area contributed by atoms with Gasteiger partial charge in [-0.3, -0.25) is 19.0 Å². The number of halogens is 1. The van der Waals surface area contributed by atoms with Crippen molar-refractivity contribution in [3.8, 4) is 0 Å². The summed E-state index contributed by atoms with van der Waals surface area (Å²) in [7, 11) is 1.62. The topological polar surface area (TPSA) is 109 Å². The number of amides is 2. The number of fused-ring (bicyclic) bond motifs is 1. The first-order chi connectivity index (χ1) is 14.9. The average Bonchev–Trinajstić information content (AvgIpc) is 3.20. The lowest BCUT2D eigenvalue weighted by molar-refractivity contribution is -0.124. The number of anilines is 2. The van der Waals surface area contributed by atoms with Crippen LogP contribution in [0.1, 0.15) is 12.8 Å². The average molecular weight is 444 g/mol. The maximum atomic E-state index is 13.3. The Morgan fingerprint density at radius 3 is 2.97 bits per heavy atom. The van der Waals surface area contributed by atoms with Crippen LogP contribution in [0.2, 0.25) is 0 Å². The molecule has 0 radical (unpaired) electrons. The monoisotopic (exact) mass is 444 g/mol. The number of hydrogen-bond donors (Lipinski definition) is 2. The van der Waals surface area contributed by atoms with Crippen LogP contribution in [0.3, 0.4) is 0 Å². The Hall–Kier alpha value is -3.34. The van der Waals surface area contributed by atoms with Crippen molar-refractivity contribution in [2.45, 2.75) is 19.4 Å². The number of aromatic nitrogens is 3. The van der Waals surface area contributed by atoms with Crippen LogP contribution in [0.5, 0.6) is 0 Å². The van der Waals surface area contributed by atoms with Crippen molar-refractivity contribution in [2.24, 2.45) is 5.92 Å². The molecule has 3 heterocycles. The third kappa shape index (κ3) is 4.55. The summed E-state index contributed by atoms with van der Waals surface area (Å²) in [5.41, 5.74) is 0.250. The molecule has 2 amide bonds. The minimum Gasteiger partial charge on any atom is -0.359 e. The molecule has 4 rings (SSSR count). The largest absolute Gasteiger partial charge is 0.359 e. The van der Waals surface area contributed by atoms with Gasteiger partial charge in [-0.05, 0) is 31.0 Å². The molecule has 0 bridgehead atoms. The molecule has 1 aliphatic heterocycles. The quantitative estimate of drug-likeness (QED) is 0.619. The van der Waals surface area contributed by atoms with E-state index < -0.39 is 11.7 Å². The van der Waals surface area contributed by atoms with E-state index in [0.717, 1.165) is 19.4 Å². The van der Waals surface area contributed by atoms with E-state index in [1.54, 1.807) is 13.1 Å². The van der Waals surface area contributed by atoms with Gasteiger partial charge in [0, 0.05) is 25.8 Å². The molecule has 3 aromatic rings. The molecule has 0 saturated carbocycles. The maximum Gasteiger partial charge on any atom is 0.273 e. The SMILES string of the molecule is CNC(=O)[C@H]1CCCN(c2nc3ncn(CC(=O)Nc4cccc(F)c4)c(=O)c3s2)C1. The van der Waals surface area contributed by atoms with E-state index in [1.807, 2.05) is 4.90 Å². The first-order valence-electron chi connectivity index (χ1n) is 9.82. The fourth-order valence-electron chi connectivity index (χ4n) is 3.57. The molecule has 1 atom stereocenters. The highest BCUT2D eigenvalue weighted by Crippen LogP contribution is 2.29. The molecule has 0 spiro atoms. The summed E-state index contributed by atoms with van der Waals surface area (Å²) in [6.45, 7) is 1.02. The van der Waals surface area contributed by atoms with Gasteiger partial charge in [0.1, 0.15) is 23.4 Å². The number of piperidine rings is 1. The third-order valence-electron chi connectivity index (χ3n) is 5.10. The predicted octanol–water partition coefficient (Wildman–Crippen LogP) is 1.59. The second-order valence-corrected chi connectivity index (χ2v) is 8.26. The summed E-state index contributed by atoms with van der Waals surface area (Å²) in [4.78, 5) is 47.8. The van der Waals surface area contributed by atoms with Gasteiger partial charge in [-0.2, -0.15) is 4.98 Å². The Morgan fingerprint density at radius 1 is 1.35 bits per heavy atom. The van der Waals surface area contributed by atoms with Crippen LogP contribution in [-0.4, -0.2) is 46.5 Å². The van der Waals surface area contributed by atoms with Crippen molar-refractivity contribution in [1.29, 1.82) is 0 Å². The smallest absolute Gasteiger partial charge is 0.273 e. The van der Waals surface area contributed by atoms with Gasteiger partial charge in [-0.25, -0.2) is 9.37 Å². The summed E-state index contributed by atoms with van der Waals surface area (Å²) in [6.07, 6.45) is 2.95. The van der Waals surface area contributed by atoms with Gasteiger partial charge in [0.05, 0.1) is 5.92 Å². The second-order valence-electron chi connectivity index (χ2n) is 7.28. The Kier molecular flexibility index (Phi) is 5.94. The highest BCUT2D eigenvalue weighted by atomic mass is 32.1. The van der Waals surface area contributed by atoms with Gasteiger partial charge in [-0.1, -0.05) is 17.4 Å². The van der Waals surface area contributed by atoms with Crippen molar-refractivity contribution < 1.29 is 14.0 Å². The number of thiazole rings is 1. The van der Waals surface area contributed by atoms with E-state index in [9.17, 15) is 18.8 Å². The minimum atomic E-state index is -0.469. The van der Waals surface area contributed by atoms with Crippen molar-refractivity contribution in [3.63, 3.8) is 0 Å². The number of rotatable bonds is 5. The van der Waals surface area contributed by atoms with E-state index in [1.165, 1.54) is 40.4 Å². The Morgan fingerprint density at radius 2 is 2.19 bits per heavy atom. The summed E-state index contributed by atoms with van der Waals surface area (Å²) in [6, 6.07) is 5.52. The molecule has 0 aliphatic carbocycles. The van der Waals surface area contributed by atoms with Crippen molar-refractivity contribution >= 4 is 44.3 Å². The molecule has 2 aromatic heterocycles. The molecule has 9 nitrogen and oxygen atoms in total. The van der Waals surface area contributed by atoms with E-state index in [-0.39, 0.29) is 23.9 Å². The molecule has 1 aromatic carbocycles. The van der Waals surface area contributed by atoms with E-state index in [4.69, 9.17) is 0 Å². The molecular formula is C20H21FN6O3S. The van der Waals surface area contributed by atoms with Gasteiger partial charge in [0.15, 0.2) is 10.8 Å². The fraction of sp³-hybridized carbons (Fsp3) is 0.350. The number of nitrogens with zero attached hydrogens (tertiary/aromatic N) is 4. The Labute approximate surface area is 180 Å². The molecule has 1 saturated heterocycles. The molecule has 1 aliphatic rings. The van der Waals surface area contributed by atoms with Gasteiger partial charge < -0.3 is 15.5 Å². The number of nitrogens with one attached hydrogen (secondary N) is 2. The zero-order valence-corrected chi connectivity index (χ0v) is 17.6. The number of benzene rings is 1. The zero-order chi connectivity index (χ0) is 22.0. The first kappa shape index (κ1) is 20.9. The predicted molar refractivity (Wildman–Crippen MR) is 116 cm³/mol. The number of carbonyl (C=O) groups is 2. The molecule has 31 heavy (non-hydrogen) atoms. The lowest BCUT2D eigenvalue weighted by Gasteiger charge is -2.31. The summed E-state index contributed by atoms with van der Waals surface area (Å²) >= 11 is 1.20.